The van der Waals surface area contributed by atoms with E-state index in [1.807, 2.05) is 102 Å². The first kappa shape index (κ1) is 22.4. The van der Waals surface area contributed by atoms with Crippen molar-refractivity contribution in [2.24, 2.45) is 10.2 Å². The molecule has 3 aromatic carbocycles. The summed E-state index contributed by atoms with van der Waals surface area (Å²) in [6.07, 6.45) is 5.39. The van der Waals surface area contributed by atoms with Crippen molar-refractivity contribution in [1.82, 2.24) is 15.1 Å². The number of hydrogen-bond acceptors (Lipinski definition) is 6. The summed E-state index contributed by atoms with van der Waals surface area (Å²) in [5, 5.41) is 16.3. The number of benzene rings is 3. The Labute approximate surface area is 206 Å². The Bertz CT molecular complexity index is 1430. The third kappa shape index (κ3) is 5.23. The van der Waals surface area contributed by atoms with Gasteiger partial charge in [-0.2, -0.15) is 10.2 Å². The van der Waals surface area contributed by atoms with Gasteiger partial charge in [0.25, 0.3) is 5.91 Å². The van der Waals surface area contributed by atoms with Crippen LogP contribution in [0.15, 0.2) is 106 Å². The number of hydrogen-bond donors (Lipinski definition) is 1. The van der Waals surface area contributed by atoms with Crippen molar-refractivity contribution in [3.8, 4) is 22.7 Å². The lowest BCUT2D eigenvalue weighted by Gasteiger charge is -2.03. The lowest BCUT2D eigenvalue weighted by atomic mass is 10.1. The SMILES string of the molecule is COc1ccc(-c2nn(-c3ccccc3)cc2C=C2S/C(=N/N=Cc3ccccc3)NC2=O)cc1. The number of amides is 1. The van der Waals surface area contributed by atoms with Crippen molar-refractivity contribution in [3.63, 3.8) is 0 Å². The standard InChI is InChI=1S/C27H21N5O2S/c1-34-23-14-12-20(13-15-23)25-21(18-32(31-25)22-10-6-3-7-11-22)16-24-26(33)29-27(35-24)30-28-17-19-8-4-2-5-9-19/h2-18H,1H3,(H,29,30,33). The molecule has 1 saturated heterocycles. The van der Waals surface area contributed by atoms with E-state index >= 15 is 0 Å². The van der Waals surface area contributed by atoms with E-state index in [2.05, 4.69) is 15.5 Å². The fourth-order valence-electron chi connectivity index (χ4n) is 3.48. The molecular weight excluding hydrogens is 458 g/mol. The van der Waals surface area contributed by atoms with Gasteiger partial charge in [0.2, 0.25) is 0 Å². The molecule has 172 valence electrons. The Balaban J connectivity index is 1.46. The molecule has 5 rings (SSSR count). The fourth-order valence-corrected chi connectivity index (χ4v) is 4.25. The van der Waals surface area contributed by atoms with E-state index in [0.29, 0.717) is 10.1 Å². The maximum absolute atomic E-state index is 12.7. The third-order valence-corrected chi connectivity index (χ3v) is 6.12. The van der Waals surface area contributed by atoms with E-state index in [-0.39, 0.29) is 5.91 Å². The second-order valence-corrected chi connectivity index (χ2v) is 8.60. The van der Waals surface area contributed by atoms with Crippen LogP contribution >= 0.6 is 11.8 Å². The third-order valence-electron chi connectivity index (χ3n) is 5.22. The highest BCUT2D eigenvalue weighted by atomic mass is 32.2. The van der Waals surface area contributed by atoms with Gasteiger partial charge in [0.05, 0.1) is 29.6 Å². The van der Waals surface area contributed by atoms with E-state index in [9.17, 15) is 4.79 Å². The number of ether oxygens (including phenoxy) is 1. The second kappa shape index (κ2) is 10.2. The maximum atomic E-state index is 12.7. The first-order chi connectivity index (χ1) is 17.2. The Morgan fingerprint density at radius 2 is 1.69 bits per heavy atom. The van der Waals surface area contributed by atoms with Gasteiger partial charge in [-0.1, -0.05) is 48.5 Å². The zero-order valence-electron chi connectivity index (χ0n) is 18.8. The lowest BCUT2D eigenvalue weighted by molar-refractivity contribution is -0.115. The number of rotatable bonds is 6. The summed E-state index contributed by atoms with van der Waals surface area (Å²) in [7, 11) is 1.63. The van der Waals surface area contributed by atoms with Crippen LogP contribution in [0.25, 0.3) is 23.0 Å². The van der Waals surface area contributed by atoms with Crippen LogP contribution in [0.4, 0.5) is 0 Å². The molecule has 0 spiro atoms. The molecule has 0 saturated carbocycles. The Morgan fingerprint density at radius 3 is 2.40 bits per heavy atom. The molecular formula is C27H21N5O2S. The number of methoxy groups -OCH3 is 1. The summed E-state index contributed by atoms with van der Waals surface area (Å²) in [6, 6.07) is 27.2. The normalized spacial score (nSPS) is 15.7. The number of nitrogens with one attached hydrogen (secondary N) is 1. The molecule has 2 heterocycles. The van der Waals surface area contributed by atoms with E-state index in [4.69, 9.17) is 9.84 Å². The number of amidine groups is 1. The van der Waals surface area contributed by atoms with Crippen LogP contribution in [0.5, 0.6) is 5.75 Å². The van der Waals surface area contributed by atoms with Gasteiger partial charge in [0.1, 0.15) is 5.75 Å². The Morgan fingerprint density at radius 1 is 0.971 bits per heavy atom. The summed E-state index contributed by atoms with van der Waals surface area (Å²) < 4.78 is 7.09. The number of para-hydroxylation sites is 1. The topological polar surface area (TPSA) is 80.9 Å². The molecule has 1 aliphatic rings. The number of carbonyl (C=O) groups excluding carboxylic acids is 1. The van der Waals surface area contributed by atoms with Crippen LogP contribution in [-0.4, -0.2) is 34.2 Å². The van der Waals surface area contributed by atoms with Crippen LogP contribution < -0.4 is 10.1 Å². The molecule has 8 heteroatoms. The molecule has 1 amide bonds. The predicted molar refractivity (Wildman–Crippen MR) is 141 cm³/mol. The van der Waals surface area contributed by atoms with Crippen LogP contribution in [-0.2, 0) is 4.79 Å². The molecule has 0 bridgehead atoms. The van der Waals surface area contributed by atoms with Gasteiger partial charge < -0.3 is 4.74 Å². The molecule has 0 unspecified atom stereocenters. The van der Waals surface area contributed by atoms with Gasteiger partial charge in [0.15, 0.2) is 5.17 Å². The Kier molecular flexibility index (Phi) is 6.54. The van der Waals surface area contributed by atoms with E-state index in [0.717, 1.165) is 33.8 Å². The molecule has 35 heavy (non-hydrogen) atoms. The highest BCUT2D eigenvalue weighted by Crippen LogP contribution is 2.31. The average molecular weight is 480 g/mol. The van der Waals surface area contributed by atoms with Gasteiger partial charge in [-0.25, -0.2) is 4.68 Å². The van der Waals surface area contributed by atoms with Crippen LogP contribution in [0.3, 0.4) is 0 Å². The summed E-state index contributed by atoms with van der Waals surface area (Å²) in [5.74, 6) is 0.538. The van der Waals surface area contributed by atoms with Gasteiger partial charge in [-0.05, 0) is 59.8 Å². The minimum atomic E-state index is -0.225. The van der Waals surface area contributed by atoms with Crippen molar-refractivity contribution in [3.05, 3.63) is 107 Å². The van der Waals surface area contributed by atoms with Crippen molar-refractivity contribution in [2.45, 2.75) is 0 Å². The molecule has 1 aromatic heterocycles. The summed E-state index contributed by atoms with van der Waals surface area (Å²) in [5.41, 5.74) is 4.33. The zero-order chi connectivity index (χ0) is 24.0. The van der Waals surface area contributed by atoms with Gasteiger partial charge >= 0.3 is 0 Å². The molecule has 4 aromatic rings. The van der Waals surface area contributed by atoms with Crippen LogP contribution in [0.2, 0.25) is 0 Å². The quantitative estimate of drug-likeness (QED) is 0.236. The van der Waals surface area contributed by atoms with Crippen LogP contribution in [0, 0.1) is 0 Å². The van der Waals surface area contributed by atoms with E-state index < -0.39 is 0 Å². The van der Waals surface area contributed by atoms with Crippen LogP contribution in [0.1, 0.15) is 11.1 Å². The number of thioether (sulfide) groups is 1. The Hall–Kier alpha value is -4.43. The monoisotopic (exact) mass is 479 g/mol. The van der Waals surface area contributed by atoms with Gasteiger partial charge in [-0.3, -0.25) is 10.1 Å². The van der Waals surface area contributed by atoms with E-state index in [1.165, 1.54) is 11.8 Å². The number of nitrogens with zero attached hydrogens (tertiary/aromatic N) is 4. The summed E-state index contributed by atoms with van der Waals surface area (Å²) >= 11 is 1.24. The minimum Gasteiger partial charge on any atom is -0.497 e. The highest BCUT2D eigenvalue weighted by Gasteiger charge is 2.25. The smallest absolute Gasteiger partial charge is 0.264 e. The summed E-state index contributed by atoms with van der Waals surface area (Å²) in [4.78, 5) is 13.2. The molecule has 0 aliphatic carbocycles. The number of aromatic nitrogens is 2. The lowest BCUT2D eigenvalue weighted by Crippen LogP contribution is -2.19. The molecule has 1 aliphatic heterocycles. The van der Waals surface area contributed by atoms with Crippen molar-refractivity contribution < 1.29 is 9.53 Å². The predicted octanol–water partition coefficient (Wildman–Crippen LogP) is 5.14. The largest absolute Gasteiger partial charge is 0.497 e. The average Bonchev–Trinajstić information content (AvgIpc) is 3.48. The van der Waals surface area contributed by atoms with Crippen molar-refractivity contribution >= 4 is 35.1 Å². The second-order valence-electron chi connectivity index (χ2n) is 7.57. The molecule has 7 nitrogen and oxygen atoms in total. The molecule has 0 atom stereocenters. The number of carbonyl (C=O) groups is 1. The first-order valence-corrected chi connectivity index (χ1v) is 11.7. The van der Waals surface area contributed by atoms with Crippen molar-refractivity contribution in [2.75, 3.05) is 7.11 Å². The van der Waals surface area contributed by atoms with Gasteiger partial charge in [0, 0.05) is 17.3 Å². The van der Waals surface area contributed by atoms with Gasteiger partial charge in [-0.15, -0.1) is 5.10 Å². The molecule has 1 fully saturated rings. The van der Waals surface area contributed by atoms with E-state index in [1.54, 1.807) is 13.3 Å². The fraction of sp³-hybridized carbons (Fsp3) is 0.0370. The summed E-state index contributed by atoms with van der Waals surface area (Å²) in [6.45, 7) is 0. The first-order valence-electron chi connectivity index (χ1n) is 10.9. The minimum absolute atomic E-state index is 0.225. The molecule has 1 N–H and O–H groups in total. The zero-order valence-corrected chi connectivity index (χ0v) is 19.6. The molecule has 0 radical (unpaired) electrons. The maximum Gasteiger partial charge on any atom is 0.264 e. The van der Waals surface area contributed by atoms with Crippen molar-refractivity contribution in [1.29, 1.82) is 0 Å². The highest BCUT2D eigenvalue weighted by molar-refractivity contribution is 8.18.